The summed E-state index contributed by atoms with van der Waals surface area (Å²) in [5.74, 6) is -1.22. The molecule has 0 bridgehead atoms. The van der Waals surface area contributed by atoms with E-state index < -0.39 is 11.4 Å². The number of carboxylic acid groups (broad SMARTS) is 1. The summed E-state index contributed by atoms with van der Waals surface area (Å²) in [6, 6.07) is 3.62. The summed E-state index contributed by atoms with van der Waals surface area (Å²) >= 11 is 0. The maximum Gasteiger partial charge on any atom is 0.341 e. The molecule has 1 aliphatic heterocycles. The third-order valence-corrected chi connectivity index (χ3v) is 3.94. The van der Waals surface area contributed by atoms with Crippen LogP contribution in [0.4, 0.5) is 0 Å². The molecule has 3 heterocycles. The first kappa shape index (κ1) is 14.5. The van der Waals surface area contributed by atoms with E-state index in [2.05, 4.69) is 17.2 Å². The van der Waals surface area contributed by atoms with Crippen LogP contribution < -0.4 is 15.8 Å². The van der Waals surface area contributed by atoms with Gasteiger partial charge < -0.3 is 15.4 Å². The highest BCUT2D eigenvalue weighted by Crippen LogP contribution is 2.14. The van der Waals surface area contributed by atoms with Crippen LogP contribution in [0.5, 0.6) is 0 Å². The van der Waals surface area contributed by atoms with Crippen molar-refractivity contribution in [1.82, 2.24) is 15.0 Å². The topological polar surface area (TPSA) is 87.5 Å². The smallest absolute Gasteiger partial charge is 0.341 e. The number of hydrogen-bond donors (Lipinski definition) is 2. The van der Waals surface area contributed by atoms with E-state index in [0.29, 0.717) is 17.1 Å². The first-order chi connectivity index (χ1) is 10.6. The van der Waals surface area contributed by atoms with Crippen LogP contribution in [0.15, 0.2) is 29.3 Å². The molecule has 0 spiro atoms. The molecule has 0 radical (unpaired) electrons. The molecule has 2 N–H and O–H groups in total. The fourth-order valence-corrected chi connectivity index (χ4v) is 2.90. The van der Waals surface area contributed by atoms with Crippen LogP contribution in [-0.4, -0.2) is 46.4 Å². The molecule has 7 nitrogen and oxygen atoms in total. The molecule has 116 valence electrons. The number of carbonyl (C=O) groups is 1. The number of pyridine rings is 2. The Labute approximate surface area is 127 Å². The Morgan fingerprint density at radius 2 is 2.36 bits per heavy atom. The second kappa shape index (κ2) is 5.76. The number of rotatable bonds is 4. The first-order valence-corrected chi connectivity index (χ1v) is 7.34. The molecular weight excluding hydrogens is 284 g/mol. The standard InChI is InChI=1S/C15H18N4O3/c1-2-16-10-5-7-18(8-10)19-9-12(15(21)22)13(20)11-4-3-6-17-14(11)19/h3-4,6,9-10,16H,2,5,7-8H2,1H3,(H,21,22)/t10-/m0/s1. The highest BCUT2D eigenvalue weighted by molar-refractivity contribution is 5.91. The van der Waals surface area contributed by atoms with Crippen LogP contribution in [0.1, 0.15) is 23.7 Å². The fraction of sp³-hybridized carbons (Fsp3) is 0.400. The van der Waals surface area contributed by atoms with E-state index in [9.17, 15) is 14.7 Å². The van der Waals surface area contributed by atoms with Crippen molar-refractivity contribution >= 4 is 17.0 Å². The van der Waals surface area contributed by atoms with Crippen molar-refractivity contribution in [3.05, 3.63) is 40.3 Å². The number of nitrogens with one attached hydrogen (secondary N) is 1. The van der Waals surface area contributed by atoms with Crippen molar-refractivity contribution in [1.29, 1.82) is 0 Å². The molecule has 0 saturated carbocycles. The van der Waals surface area contributed by atoms with Crippen LogP contribution in [0.3, 0.4) is 0 Å². The largest absolute Gasteiger partial charge is 0.477 e. The van der Waals surface area contributed by atoms with Crippen molar-refractivity contribution in [3.8, 4) is 0 Å². The van der Waals surface area contributed by atoms with E-state index >= 15 is 0 Å². The fourth-order valence-electron chi connectivity index (χ4n) is 2.90. The quantitative estimate of drug-likeness (QED) is 0.851. The van der Waals surface area contributed by atoms with E-state index in [0.717, 1.165) is 26.1 Å². The van der Waals surface area contributed by atoms with E-state index in [1.54, 1.807) is 23.0 Å². The van der Waals surface area contributed by atoms with Crippen LogP contribution in [0.2, 0.25) is 0 Å². The lowest BCUT2D eigenvalue weighted by atomic mass is 10.2. The van der Waals surface area contributed by atoms with E-state index in [1.165, 1.54) is 6.20 Å². The molecule has 2 aromatic heterocycles. The van der Waals surface area contributed by atoms with E-state index in [1.807, 2.05) is 5.01 Å². The van der Waals surface area contributed by atoms with Gasteiger partial charge >= 0.3 is 5.97 Å². The van der Waals surface area contributed by atoms with Crippen LogP contribution in [-0.2, 0) is 0 Å². The molecule has 1 aliphatic rings. The Kier molecular flexibility index (Phi) is 3.81. The zero-order chi connectivity index (χ0) is 15.7. The molecule has 0 unspecified atom stereocenters. The van der Waals surface area contributed by atoms with Gasteiger partial charge in [-0.15, -0.1) is 0 Å². The van der Waals surface area contributed by atoms with Crippen LogP contribution in [0, 0.1) is 0 Å². The Morgan fingerprint density at radius 1 is 1.55 bits per heavy atom. The lowest BCUT2D eigenvalue weighted by Gasteiger charge is -2.24. The minimum absolute atomic E-state index is 0.229. The number of hydrogen-bond acceptors (Lipinski definition) is 5. The summed E-state index contributed by atoms with van der Waals surface area (Å²) in [4.78, 5) is 27.8. The van der Waals surface area contributed by atoms with Crippen molar-refractivity contribution in [2.24, 2.45) is 0 Å². The monoisotopic (exact) mass is 302 g/mol. The molecule has 3 rings (SSSR count). The molecule has 0 aliphatic carbocycles. The molecule has 1 saturated heterocycles. The number of aromatic nitrogens is 2. The lowest BCUT2D eigenvalue weighted by molar-refractivity contribution is 0.0695. The highest BCUT2D eigenvalue weighted by atomic mass is 16.4. The summed E-state index contributed by atoms with van der Waals surface area (Å²) in [5.41, 5.74) is -0.226. The molecular formula is C15H18N4O3. The summed E-state index contributed by atoms with van der Waals surface area (Å²) < 4.78 is 1.71. The first-order valence-electron chi connectivity index (χ1n) is 7.34. The predicted molar refractivity (Wildman–Crippen MR) is 83.0 cm³/mol. The van der Waals surface area contributed by atoms with Gasteiger partial charge in [0, 0.05) is 31.5 Å². The molecule has 7 heteroatoms. The second-order valence-corrected chi connectivity index (χ2v) is 5.35. The number of likely N-dealkylation sites (N-methyl/N-ethyl adjacent to an activating group) is 1. The van der Waals surface area contributed by atoms with E-state index in [4.69, 9.17) is 0 Å². The van der Waals surface area contributed by atoms with Gasteiger partial charge in [0.05, 0.1) is 5.39 Å². The van der Waals surface area contributed by atoms with Gasteiger partial charge in [0.25, 0.3) is 0 Å². The van der Waals surface area contributed by atoms with Gasteiger partial charge in [-0.2, -0.15) is 0 Å². The molecule has 0 amide bonds. The maximum absolute atomic E-state index is 12.2. The average Bonchev–Trinajstić information content (AvgIpc) is 2.96. The van der Waals surface area contributed by atoms with Crippen molar-refractivity contribution < 1.29 is 9.90 Å². The normalized spacial score (nSPS) is 18.0. The van der Waals surface area contributed by atoms with Gasteiger partial charge in [-0.05, 0) is 25.1 Å². The van der Waals surface area contributed by atoms with E-state index in [-0.39, 0.29) is 5.56 Å². The number of nitrogens with zero attached hydrogens (tertiary/aromatic N) is 3. The minimum atomic E-state index is -1.22. The number of carboxylic acids is 1. The molecule has 22 heavy (non-hydrogen) atoms. The molecule has 2 aromatic rings. The van der Waals surface area contributed by atoms with Crippen molar-refractivity contribution in [2.75, 3.05) is 24.6 Å². The molecule has 1 fully saturated rings. The zero-order valence-electron chi connectivity index (χ0n) is 12.3. The lowest BCUT2D eigenvalue weighted by Crippen LogP contribution is -2.38. The minimum Gasteiger partial charge on any atom is -0.477 e. The number of fused-ring (bicyclic) bond motifs is 1. The zero-order valence-corrected chi connectivity index (χ0v) is 12.3. The second-order valence-electron chi connectivity index (χ2n) is 5.35. The van der Waals surface area contributed by atoms with Gasteiger partial charge in [0.1, 0.15) is 5.56 Å². The SMILES string of the molecule is CCN[C@H]1CCN(n2cc(C(=O)O)c(=O)c3cccnc32)C1. The highest BCUT2D eigenvalue weighted by Gasteiger charge is 2.24. The molecule has 0 aromatic carbocycles. The Bertz CT molecular complexity index is 771. The van der Waals surface area contributed by atoms with Crippen molar-refractivity contribution in [3.63, 3.8) is 0 Å². The third kappa shape index (κ3) is 2.43. The Hall–Kier alpha value is -2.41. The van der Waals surface area contributed by atoms with Gasteiger partial charge in [0.2, 0.25) is 5.43 Å². The predicted octanol–water partition coefficient (Wildman–Crippen LogP) is 0.414. The maximum atomic E-state index is 12.2. The van der Waals surface area contributed by atoms with Crippen LogP contribution >= 0.6 is 0 Å². The van der Waals surface area contributed by atoms with Gasteiger partial charge in [-0.25, -0.2) is 14.5 Å². The summed E-state index contributed by atoms with van der Waals surface area (Å²) in [6.07, 6.45) is 3.96. The summed E-state index contributed by atoms with van der Waals surface area (Å²) in [5, 5.41) is 15.0. The Morgan fingerprint density at radius 3 is 3.09 bits per heavy atom. The van der Waals surface area contributed by atoms with Gasteiger partial charge in [-0.3, -0.25) is 4.79 Å². The summed E-state index contributed by atoms with van der Waals surface area (Å²) in [6.45, 7) is 4.48. The number of aromatic carboxylic acids is 1. The third-order valence-electron chi connectivity index (χ3n) is 3.94. The molecule has 1 atom stereocenters. The van der Waals surface area contributed by atoms with Crippen molar-refractivity contribution in [2.45, 2.75) is 19.4 Å². The van der Waals surface area contributed by atoms with Gasteiger partial charge in [-0.1, -0.05) is 6.92 Å². The average molecular weight is 302 g/mol. The van der Waals surface area contributed by atoms with Crippen LogP contribution in [0.25, 0.3) is 11.0 Å². The van der Waals surface area contributed by atoms with Gasteiger partial charge in [0.15, 0.2) is 5.65 Å². The summed E-state index contributed by atoms with van der Waals surface area (Å²) in [7, 11) is 0. The Balaban J connectivity index is 2.11.